The highest BCUT2D eigenvalue weighted by Gasteiger charge is 2.05. The molecule has 0 bridgehead atoms. The monoisotopic (exact) mass is 271 g/mol. The molecule has 0 atom stereocenters. The molecule has 0 aliphatic heterocycles. The Kier molecular flexibility index (Phi) is 4.69. The van der Waals surface area contributed by atoms with E-state index in [1.54, 1.807) is 6.20 Å². The minimum Gasteiger partial charge on any atom is -0.424 e. The van der Waals surface area contributed by atoms with Gasteiger partial charge in [-0.2, -0.15) is 4.98 Å². The number of rotatable bonds is 5. The number of benzene rings is 1. The maximum absolute atomic E-state index is 5.68. The molecule has 0 saturated carbocycles. The van der Waals surface area contributed by atoms with Crippen molar-refractivity contribution in [2.45, 2.75) is 33.2 Å². The number of nitrogens with one attached hydrogen (secondary N) is 1. The van der Waals surface area contributed by atoms with Gasteiger partial charge in [0.15, 0.2) is 0 Å². The predicted molar refractivity (Wildman–Crippen MR) is 80.1 cm³/mol. The number of hydrogen-bond donors (Lipinski definition) is 1. The first-order valence-corrected chi connectivity index (χ1v) is 6.85. The normalized spacial score (nSPS) is 10.8. The van der Waals surface area contributed by atoms with Crippen LogP contribution in [0.3, 0.4) is 0 Å². The summed E-state index contributed by atoms with van der Waals surface area (Å²) in [6, 6.07) is 8.44. The third-order valence-corrected chi connectivity index (χ3v) is 3.18. The van der Waals surface area contributed by atoms with Gasteiger partial charge in [-0.3, -0.25) is 0 Å². The fourth-order valence-corrected chi connectivity index (χ4v) is 1.91. The highest BCUT2D eigenvalue weighted by Crippen LogP contribution is 2.22. The van der Waals surface area contributed by atoms with Gasteiger partial charge in [0.1, 0.15) is 5.75 Å². The van der Waals surface area contributed by atoms with E-state index in [9.17, 15) is 0 Å². The molecule has 20 heavy (non-hydrogen) atoms. The van der Waals surface area contributed by atoms with Crippen molar-refractivity contribution in [3.63, 3.8) is 0 Å². The molecule has 2 rings (SSSR count). The fraction of sp³-hybridized carbons (Fsp3) is 0.375. The van der Waals surface area contributed by atoms with Gasteiger partial charge in [0, 0.05) is 24.0 Å². The van der Waals surface area contributed by atoms with Gasteiger partial charge in [0.25, 0.3) is 0 Å². The number of nitrogens with zero attached hydrogens (tertiary/aromatic N) is 2. The van der Waals surface area contributed by atoms with Crippen LogP contribution in [-0.2, 0) is 6.54 Å². The topological polar surface area (TPSA) is 47.0 Å². The third-order valence-electron chi connectivity index (χ3n) is 3.18. The molecule has 0 aliphatic carbocycles. The second-order valence-electron chi connectivity index (χ2n) is 5.12. The van der Waals surface area contributed by atoms with E-state index >= 15 is 0 Å². The first-order chi connectivity index (χ1) is 9.60. The molecule has 4 nitrogen and oxygen atoms in total. The van der Waals surface area contributed by atoms with E-state index in [1.807, 2.05) is 26.1 Å². The van der Waals surface area contributed by atoms with Gasteiger partial charge in [-0.1, -0.05) is 26.0 Å². The van der Waals surface area contributed by atoms with Crippen LogP contribution in [0, 0.1) is 6.92 Å². The zero-order valence-electron chi connectivity index (χ0n) is 12.5. The smallest absolute Gasteiger partial charge is 0.322 e. The van der Waals surface area contributed by atoms with E-state index in [1.165, 1.54) is 5.56 Å². The number of aryl methyl sites for hydroxylation is 1. The van der Waals surface area contributed by atoms with Crippen molar-refractivity contribution < 1.29 is 4.74 Å². The van der Waals surface area contributed by atoms with E-state index in [0.29, 0.717) is 11.9 Å². The van der Waals surface area contributed by atoms with Crippen LogP contribution in [0.4, 0.5) is 0 Å². The molecule has 1 aromatic heterocycles. The minimum absolute atomic E-state index is 0.389. The van der Waals surface area contributed by atoms with Crippen LogP contribution in [0.15, 0.2) is 30.5 Å². The molecule has 0 aliphatic rings. The Hall–Kier alpha value is -1.94. The van der Waals surface area contributed by atoms with Crippen molar-refractivity contribution in [2.75, 3.05) is 7.05 Å². The van der Waals surface area contributed by atoms with Crippen molar-refractivity contribution in [3.8, 4) is 11.8 Å². The van der Waals surface area contributed by atoms with Crippen molar-refractivity contribution >= 4 is 0 Å². The molecule has 4 heteroatoms. The highest BCUT2D eigenvalue weighted by atomic mass is 16.5. The molecule has 1 N–H and O–H groups in total. The Balaban J connectivity index is 2.11. The van der Waals surface area contributed by atoms with Crippen molar-refractivity contribution in [1.82, 2.24) is 15.3 Å². The summed E-state index contributed by atoms with van der Waals surface area (Å²) in [4.78, 5) is 8.61. The lowest BCUT2D eigenvalue weighted by molar-refractivity contribution is 0.439. The van der Waals surface area contributed by atoms with Gasteiger partial charge in [-0.25, -0.2) is 4.98 Å². The average Bonchev–Trinajstić information content (AvgIpc) is 2.42. The second kappa shape index (κ2) is 6.48. The fourth-order valence-electron chi connectivity index (χ4n) is 1.91. The quantitative estimate of drug-likeness (QED) is 0.905. The van der Waals surface area contributed by atoms with Gasteiger partial charge >= 0.3 is 6.01 Å². The van der Waals surface area contributed by atoms with E-state index in [-0.39, 0.29) is 0 Å². The van der Waals surface area contributed by atoms with Crippen LogP contribution in [0.5, 0.6) is 11.8 Å². The van der Waals surface area contributed by atoms with Crippen LogP contribution in [-0.4, -0.2) is 17.0 Å². The van der Waals surface area contributed by atoms with E-state index in [2.05, 4.69) is 41.3 Å². The van der Waals surface area contributed by atoms with Gasteiger partial charge in [-0.05, 0) is 37.6 Å². The number of ether oxygens (including phenoxy) is 1. The van der Waals surface area contributed by atoms with Gasteiger partial charge in [0.2, 0.25) is 0 Å². The van der Waals surface area contributed by atoms with Gasteiger partial charge in [0.05, 0.1) is 0 Å². The van der Waals surface area contributed by atoms with E-state index < -0.39 is 0 Å². The van der Waals surface area contributed by atoms with Gasteiger partial charge in [-0.15, -0.1) is 0 Å². The second-order valence-corrected chi connectivity index (χ2v) is 5.12. The Bertz CT molecular complexity index is 564. The molecule has 0 radical (unpaired) electrons. The zero-order valence-corrected chi connectivity index (χ0v) is 12.5. The van der Waals surface area contributed by atoms with Crippen LogP contribution >= 0.6 is 0 Å². The first kappa shape index (κ1) is 14.5. The summed E-state index contributed by atoms with van der Waals surface area (Å²) in [6.45, 7) is 7.06. The maximum atomic E-state index is 5.68. The molecule has 0 unspecified atom stereocenters. The largest absolute Gasteiger partial charge is 0.424 e. The molecule has 0 fully saturated rings. The molecule has 106 valence electrons. The van der Waals surface area contributed by atoms with E-state index in [4.69, 9.17) is 4.74 Å². The molecule has 0 saturated heterocycles. The summed E-state index contributed by atoms with van der Waals surface area (Å²) >= 11 is 0. The lowest BCUT2D eigenvalue weighted by Crippen LogP contribution is -2.08. The first-order valence-electron chi connectivity index (χ1n) is 6.85. The molecule has 1 heterocycles. The van der Waals surface area contributed by atoms with Crippen LogP contribution in [0.1, 0.15) is 36.6 Å². The van der Waals surface area contributed by atoms with Crippen molar-refractivity contribution in [3.05, 3.63) is 47.3 Å². The van der Waals surface area contributed by atoms with Crippen molar-refractivity contribution in [1.29, 1.82) is 0 Å². The summed E-state index contributed by atoms with van der Waals surface area (Å²) in [6.07, 6.45) is 1.80. The van der Waals surface area contributed by atoms with Crippen LogP contribution < -0.4 is 10.1 Å². The van der Waals surface area contributed by atoms with Gasteiger partial charge < -0.3 is 10.1 Å². The highest BCUT2D eigenvalue weighted by molar-refractivity contribution is 5.31. The van der Waals surface area contributed by atoms with Crippen molar-refractivity contribution in [2.24, 2.45) is 0 Å². The predicted octanol–water partition coefficient (Wildman–Crippen LogP) is 3.42. The zero-order chi connectivity index (χ0) is 14.5. The lowest BCUT2D eigenvalue weighted by Gasteiger charge is -2.09. The SMILES string of the molecule is CNCc1cnc(Oc2ccc(C(C)C)cc2)nc1C. The molecule has 1 aromatic carbocycles. The van der Waals surface area contributed by atoms with E-state index in [0.717, 1.165) is 23.6 Å². The lowest BCUT2D eigenvalue weighted by atomic mass is 10.0. The summed E-state index contributed by atoms with van der Waals surface area (Å²) in [7, 11) is 1.90. The summed E-state index contributed by atoms with van der Waals surface area (Å²) in [5.74, 6) is 1.28. The van der Waals surface area contributed by atoms with Crippen LogP contribution in [0.2, 0.25) is 0 Å². The number of hydrogen-bond acceptors (Lipinski definition) is 4. The third kappa shape index (κ3) is 3.54. The summed E-state index contributed by atoms with van der Waals surface area (Å²) in [5, 5.41) is 3.09. The average molecular weight is 271 g/mol. The Morgan fingerprint density at radius 3 is 2.45 bits per heavy atom. The van der Waals surface area contributed by atoms with Crippen LogP contribution in [0.25, 0.3) is 0 Å². The summed E-state index contributed by atoms with van der Waals surface area (Å²) < 4.78 is 5.68. The minimum atomic E-state index is 0.389. The molecule has 0 spiro atoms. The molecular weight excluding hydrogens is 250 g/mol. The standard InChI is InChI=1S/C16H21N3O/c1-11(2)13-5-7-15(8-6-13)20-16-18-10-14(9-17-4)12(3)19-16/h5-8,10-11,17H,9H2,1-4H3. The molecule has 0 amide bonds. The maximum Gasteiger partial charge on any atom is 0.322 e. The Morgan fingerprint density at radius 2 is 1.90 bits per heavy atom. The molecular formula is C16H21N3O. The number of aromatic nitrogens is 2. The Labute approximate surface area is 120 Å². The summed E-state index contributed by atoms with van der Waals surface area (Å²) in [5.41, 5.74) is 3.30. The Morgan fingerprint density at radius 1 is 1.20 bits per heavy atom. The molecule has 2 aromatic rings.